The van der Waals surface area contributed by atoms with Crippen LogP contribution in [-0.2, 0) is 4.79 Å². The minimum atomic E-state index is -0.579. The number of amides is 1. The molecule has 0 bridgehead atoms. The van der Waals surface area contributed by atoms with Gasteiger partial charge in [-0.05, 0) is 18.6 Å². The molecule has 1 fully saturated rings. The summed E-state index contributed by atoms with van der Waals surface area (Å²) in [4.78, 5) is 14.4. The summed E-state index contributed by atoms with van der Waals surface area (Å²) in [5.74, 6) is 1.28. The molecule has 114 valence electrons. The largest absolute Gasteiger partial charge is 0.485 e. The van der Waals surface area contributed by atoms with E-state index in [2.05, 4.69) is 10.3 Å². The molecule has 2 atom stereocenters. The zero-order valence-electron chi connectivity index (χ0n) is 12.0. The van der Waals surface area contributed by atoms with E-state index < -0.39 is 6.10 Å². The maximum atomic E-state index is 12.6. The lowest BCUT2D eigenvalue weighted by molar-refractivity contribution is -0.140. The van der Waals surface area contributed by atoms with Crippen LogP contribution in [0, 0.1) is 0 Å². The Morgan fingerprint density at radius 2 is 2.14 bits per heavy atom. The zero-order valence-corrected chi connectivity index (χ0v) is 12.0. The molecular weight excluding hydrogens is 284 g/mol. The van der Waals surface area contributed by atoms with E-state index in [1.807, 2.05) is 35.4 Å². The number of fused-ring (bicyclic) bond motifs is 1. The van der Waals surface area contributed by atoms with Crippen LogP contribution in [0.4, 0.5) is 0 Å². The highest BCUT2D eigenvalue weighted by molar-refractivity contribution is 5.82. The van der Waals surface area contributed by atoms with Gasteiger partial charge in [0, 0.05) is 19.3 Å². The molecule has 1 aromatic carbocycles. The smallest absolute Gasteiger partial charge is 0.267 e. The van der Waals surface area contributed by atoms with Gasteiger partial charge in [0.25, 0.3) is 5.91 Å². The summed E-state index contributed by atoms with van der Waals surface area (Å²) in [5.41, 5.74) is 0. The molecule has 7 heteroatoms. The van der Waals surface area contributed by atoms with E-state index in [1.54, 1.807) is 10.9 Å². The van der Waals surface area contributed by atoms with Crippen molar-refractivity contribution in [3.63, 3.8) is 0 Å². The third kappa shape index (κ3) is 2.28. The van der Waals surface area contributed by atoms with Crippen LogP contribution in [-0.4, -0.2) is 51.6 Å². The minimum Gasteiger partial charge on any atom is -0.485 e. The summed E-state index contributed by atoms with van der Waals surface area (Å²) in [5, 5.41) is 7.82. The van der Waals surface area contributed by atoms with Gasteiger partial charge in [-0.1, -0.05) is 17.3 Å². The molecule has 1 saturated heterocycles. The van der Waals surface area contributed by atoms with Crippen molar-refractivity contribution in [3.05, 3.63) is 36.7 Å². The molecule has 1 aromatic heterocycles. The quantitative estimate of drug-likeness (QED) is 0.824. The molecule has 2 aliphatic heterocycles. The average Bonchev–Trinajstić information content (AvgIpc) is 3.24. The van der Waals surface area contributed by atoms with E-state index in [0.717, 1.165) is 6.42 Å². The number of nitrogens with zero attached hydrogens (tertiary/aromatic N) is 4. The van der Waals surface area contributed by atoms with Crippen molar-refractivity contribution in [2.45, 2.75) is 18.6 Å². The third-order valence-electron chi connectivity index (χ3n) is 4.07. The van der Waals surface area contributed by atoms with Gasteiger partial charge in [0.15, 0.2) is 11.5 Å². The first kappa shape index (κ1) is 13.1. The van der Waals surface area contributed by atoms with E-state index in [0.29, 0.717) is 24.6 Å². The van der Waals surface area contributed by atoms with Gasteiger partial charge >= 0.3 is 0 Å². The topological polar surface area (TPSA) is 69.5 Å². The van der Waals surface area contributed by atoms with Gasteiger partial charge in [0.1, 0.15) is 6.61 Å². The predicted molar refractivity (Wildman–Crippen MR) is 76.6 cm³/mol. The van der Waals surface area contributed by atoms with Crippen molar-refractivity contribution in [3.8, 4) is 11.5 Å². The normalized spacial score (nSPS) is 23.5. The van der Waals surface area contributed by atoms with Gasteiger partial charge in [-0.2, -0.15) is 0 Å². The Morgan fingerprint density at radius 3 is 2.95 bits per heavy atom. The molecule has 0 spiro atoms. The Balaban J connectivity index is 1.43. The van der Waals surface area contributed by atoms with Crippen molar-refractivity contribution >= 4 is 5.91 Å². The molecule has 1 amide bonds. The molecule has 2 unspecified atom stereocenters. The number of hydrogen-bond acceptors (Lipinski definition) is 5. The van der Waals surface area contributed by atoms with E-state index in [-0.39, 0.29) is 18.6 Å². The number of aromatic nitrogens is 3. The number of hydrogen-bond donors (Lipinski definition) is 0. The van der Waals surface area contributed by atoms with Crippen LogP contribution in [0.3, 0.4) is 0 Å². The van der Waals surface area contributed by atoms with Crippen LogP contribution >= 0.6 is 0 Å². The summed E-state index contributed by atoms with van der Waals surface area (Å²) in [7, 11) is 0. The first-order valence-corrected chi connectivity index (χ1v) is 7.34. The Morgan fingerprint density at radius 1 is 1.27 bits per heavy atom. The van der Waals surface area contributed by atoms with Gasteiger partial charge in [-0.25, -0.2) is 4.68 Å². The lowest BCUT2D eigenvalue weighted by atomic mass is 10.2. The third-order valence-corrected chi connectivity index (χ3v) is 4.07. The molecule has 0 radical (unpaired) electrons. The van der Waals surface area contributed by atoms with Crippen molar-refractivity contribution in [2.24, 2.45) is 0 Å². The maximum Gasteiger partial charge on any atom is 0.267 e. The molecule has 0 saturated carbocycles. The Bertz CT molecular complexity index is 673. The number of rotatable bonds is 2. The number of likely N-dealkylation sites (tertiary alicyclic amines) is 1. The standard InChI is InChI=1S/C15H16N4O3/c20-15(14-10-21-12-3-1-2-4-13(12)22-14)18-7-5-11(9-18)19-8-6-16-17-19/h1-4,6,8,11,14H,5,7,9-10H2. The van der Waals surface area contributed by atoms with E-state index >= 15 is 0 Å². The summed E-state index contributed by atoms with van der Waals surface area (Å²) in [6, 6.07) is 7.59. The second-order valence-electron chi connectivity index (χ2n) is 5.47. The minimum absolute atomic E-state index is 0.0304. The number of carbonyl (C=O) groups excluding carboxylic acids is 1. The highest BCUT2D eigenvalue weighted by Crippen LogP contribution is 2.32. The molecular formula is C15H16N4O3. The van der Waals surface area contributed by atoms with Crippen molar-refractivity contribution < 1.29 is 14.3 Å². The number of carbonyl (C=O) groups is 1. The van der Waals surface area contributed by atoms with Crippen LogP contribution < -0.4 is 9.47 Å². The first-order valence-electron chi connectivity index (χ1n) is 7.34. The van der Waals surface area contributed by atoms with Gasteiger partial charge in [0.05, 0.1) is 12.2 Å². The zero-order chi connectivity index (χ0) is 14.9. The van der Waals surface area contributed by atoms with Crippen LogP contribution in [0.25, 0.3) is 0 Å². The van der Waals surface area contributed by atoms with Gasteiger partial charge < -0.3 is 14.4 Å². The second-order valence-corrected chi connectivity index (χ2v) is 5.47. The van der Waals surface area contributed by atoms with Crippen molar-refractivity contribution in [1.82, 2.24) is 19.9 Å². The van der Waals surface area contributed by atoms with Gasteiger partial charge in [-0.15, -0.1) is 5.10 Å². The van der Waals surface area contributed by atoms with Crippen LogP contribution in [0.5, 0.6) is 11.5 Å². The van der Waals surface area contributed by atoms with Crippen LogP contribution in [0.2, 0.25) is 0 Å². The highest BCUT2D eigenvalue weighted by atomic mass is 16.6. The fraction of sp³-hybridized carbons (Fsp3) is 0.400. The molecule has 2 aromatic rings. The maximum absolute atomic E-state index is 12.6. The summed E-state index contributed by atoms with van der Waals surface area (Å²) >= 11 is 0. The number of para-hydroxylation sites is 2. The molecule has 7 nitrogen and oxygen atoms in total. The SMILES string of the molecule is O=C(C1COc2ccccc2O1)N1CCC(n2ccnn2)C1. The summed E-state index contributed by atoms with van der Waals surface area (Å²) in [6.07, 6.45) is 3.78. The molecule has 3 heterocycles. The Kier molecular flexibility index (Phi) is 3.17. The highest BCUT2D eigenvalue weighted by Gasteiger charge is 2.35. The fourth-order valence-corrected chi connectivity index (χ4v) is 2.91. The van der Waals surface area contributed by atoms with E-state index in [9.17, 15) is 4.79 Å². The molecule has 22 heavy (non-hydrogen) atoms. The van der Waals surface area contributed by atoms with Crippen LogP contribution in [0.15, 0.2) is 36.7 Å². The number of ether oxygens (including phenoxy) is 2. The first-order chi connectivity index (χ1) is 10.8. The predicted octanol–water partition coefficient (Wildman–Crippen LogP) is 0.891. The van der Waals surface area contributed by atoms with Crippen molar-refractivity contribution in [1.29, 1.82) is 0 Å². The lowest BCUT2D eigenvalue weighted by Gasteiger charge is -2.28. The Labute approximate surface area is 127 Å². The molecule has 2 aliphatic rings. The van der Waals surface area contributed by atoms with Crippen LogP contribution in [0.1, 0.15) is 12.5 Å². The van der Waals surface area contributed by atoms with Gasteiger partial charge in [-0.3, -0.25) is 4.79 Å². The number of benzene rings is 1. The molecule has 0 aliphatic carbocycles. The van der Waals surface area contributed by atoms with Gasteiger partial charge in [0.2, 0.25) is 6.10 Å². The van der Waals surface area contributed by atoms with E-state index in [1.165, 1.54) is 0 Å². The Hall–Kier alpha value is -2.57. The van der Waals surface area contributed by atoms with E-state index in [4.69, 9.17) is 9.47 Å². The fourth-order valence-electron chi connectivity index (χ4n) is 2.91. The van der Waals surface area contributed by atoms with Crippen molar-refractivity contribution in [2.75, 3.05) is 19.7 Å². The molecule has 4 rings (SSSR count). The molecule has 0 N–H and O–H groups in total. The monoisotopic (exact) mass is 300 g/mol. The summed E-state index contributed by atoms with van der Waals surface area (Å²) < 4.78 is 13.2. The lowest BCUT2D eigenvalue weighted by Crippen LogP contribution is -2.45. The summed E-state index contributed by atoms with van der Waals surface area (Å²) in [6.45, 7) is 1.58. The second kappa shape index (κ2) is 5.32. The average molecular weight is 300 g/mol.